The van der Waals surface area contributed by atoms with Crippen LogP contribution in [-0.2, 0) is 0 Å². The van der Waals surface area contributed by atoms with Crippen molar-refractivity contribution < 1.29 is 4.39 Å². The fourth-order valence-corrected chi connectivity index (χ4v) is 2.58. The maximum absolute atomic E-state index is 13.6. The second-order valence-corrected chi connectivity index (χ2v) is 6.52. The fourth-order valence-electron chi connectivity index (χ4n) is 1.38. The first-order valence-corrected chi connectivity index (χ1v) is 5.86. The molecule has 0 spiro atoms. The lowest BCUT2D eigenvalue weighted by atomic mass is 10.1. The third kappa shape index (κ3) is 3.50. The quantitative estimate of drug-likeness (QED) is 0.779. The molecule has 0 saturated heterocycles. The van der Waals surface area contributed by atoms with Crippen molar-refractivity contribution in [3.05, 3.63) is 29.6 Å². The Hall–Kier alpha value is -0.540. The number of thioether (sulfide) groups is 1. The Morgan fingerprint density at radius 1 is 1.33 bits per heavy atom. The van der Waals surface area contributed by atoms with Crippen LogP contribution in [0.25, 0.3) is 0 Å². The van der Waals surface area contributed by atoms with Crippen LogP contribution >= 0.6 is 11.8 Å². The second-order valence-electron chi connectivity index (χ2n) is 4.65. The zero-order chi connectivity index (χ0) is 11.6. The van der Waals surface area contributed by atoms with E-state index in [0.29, 0.717) is 5.56 Å². The molecule has 2 N–H and O–H groups in total. The van der Waals surface area contributed by atoms with Gasteiger partial charge in [0.25, 0.3) is 0 Å². The molecule has 0 amide bonds. The third-order valence-electron chi connectivity index (χ3n) is 1.88. The van der Waals surface area contributed by atoms with Crippen LogP contribution in [0.1, 0.15) is 39.3 Å². The Balaban J connectivity index is 3.12. The largest absolute Gasteiger partial charge is 0.324 e. The van der Waals surface area contributed by atoms with Crippen LogP contribution in [0, 0.1) is 5.82 Å². The van der Waals surface area contributed by atoms with E-state index in [2.05, 4.69) is 20.8 Å². The molecule has 0 fully saturated rings. The van der Waals surface area contributed by atoms with E-state index in [1.807, 2.05) is 13.0 Å². The van der Waals surface area contributed by atoms with Crippen molar-refractivity contribution in [3.8, 4) is 0 Å². The minimum atomic E-state index is -0.268. The Labute approximate surface area is 95.2 Å². The molecule has 3 heteroatoms. The highest BCUT2D eigenvalue weighted by Crippen LogP contribution is 2.36. The van der Waals surface area contributed by atoms with E-state index in [-0.39, 0.29) is 16.6 Å². The van der Waals surface area contributed by atoms with E-state index in [9.17, 15) is 4.39 Å². The zero-order valence-corrected chi connectivity index (χ0v) is 10.5. The molecule has 1 aromatic carbocycles. The van der Waals surface area contributed by atoms with Crippen LogP contribution in [0.3, 0.4) is 0 Å². The topological polar surface area (TPSA) is 26.0 Å². The summed E-state index contributed by atoms with van der Waals surface area (Å²) in [7, 11) is 0. The highest BCUT2D eigenvalue weighted by Gasteiger charge is 2.18. The molecule has 1 aromatic rings. The Morgan fingerprint density at radius 3 is 2.40 bits per heavy atom. The van der Waals surface area contributed by atoms with Crippen LogP contribution in [0.15, 0.2) is 23.1 Å². The zero-order valence-electron chi connectivity index (χ0n) is 9.67. The van der Waals surface area contributed by atoms with Gasteiger partial charge in [-0.15, -0.1) is 11.8 Å². The van der Waals surface area contributed by atoms with E-state index in [0.717, 1.165) is 4.90 Å². The highest BCUT2D eigenvalue weighted by molar-refractivity contribution is 8.00. The van der Waals surface area contributed by atoms with Gasteiger partial charge in [-0.2, -0.15) is 0 Å². The predicted octanol–water partition coefficient (Wildman–Crippen LogP) is 3.74. The summed E-state index contributed by atoms with van der Waals surface area (Å²) >= 11 is 1.65. The van der Waals surface area contributed by atoms with Gasteiger partial charge in [0.05, 0.1) is 0 Å². The first kappa shape index (κ1) is 12.5. The van der Waals surface area contributed by atoms with Gasteiger partial charge in [0, 0.05) is 21.2 Å². The van der Waals surface area contributed by atoms with Crippen LogP contribution in [0.5, 0.6) is 0 Å². The number of rotatable bonds is 2. The molecule has 1 nitrogen and oxygen atoms in total. The molecular weight excluding hydrogens is 209 g/mol. The first-order chi connectivity index (χ1) is 6.81. The Kier molecular flexibility index (Phi) is 3.79. The van der Waals surface area contributed by atoms with Crippen molar-refractivity contribution in [2.75, 3.05) is 0 Å². The van der Waals surface area contributed by atoms with Gasteiger partial charge >= 0.3 is 0 Å². The number of halogens is 1. The minimum absolute atomic E-state index is 0.0669. The molecule has 0 aliphatic heterocycles. The summed E-state index contributed by atoms with van der Waals surface area (Å²) in [5.74, 6) is -0.209. The molecule has 0 aliphatic rings. The third-order valence-corrected chi connectivity index (χ3v) is 3.07. The molecule has 0 bridgehead atoms. The number of nitrogens with two attached hydrogens (primary N) is 1. The van der Waals surface area contributed by atoms with Crippen molar-refractivity contribution >= 4 is 11.8 Å². The van der Waals surface area contributed by atoms with E-state index in [4.69, 9.17) is 5.73 Å². The summed E-state index contributed by atoms with van der Waals surface area (Å²) < 4.78 is 13.6. The standard InChI is InChI=1S/C12H18FNS/c1-8(14)11-9(13)6-5-7-10(11)15-12(2,3)4/h5-8H,14H2,1-4H3/t8-/m0/s1. The molecule has 0 radical (unpaired) electrons. The van der Waals surface area contributed by atoms with Gasteiger partial charge in [0.1, 0.15) is 5.82 Å². The minimum Gasteiger partial charge on any atom is -0.324 e. The van der Waals surface area contributed by atoms with Gasteiger partial charge in [-0.1, -0.05) is 26.8 Å². The predicted molar refractivity (Wildman–Crippen MR) is 64.6 cm³/mol. The molecule has 0 aromatic heterocycles. The number of hydrogen-bond acceptors (Lipinski definition) is 2. The van der Waals surface area contributed by atoms with Gasteiger partial charge < -0.3 is 5.73 Å². The Bertz CT molecular complexity index is 342. The van der Waals surface area contributed by atoms with Gasteiger partial charge in [0.2, 0.25) is 0 Å². The summed E-state index contributed by atoms with van der Waals surface area (Å²) in [6.07, 6.45) is 0. The van der Waals surface area contributed by atoms with E-state index in [1.54, 1.807) is 17.8 Å². The number of hydrogen-bond donors (Lipinski definition) is 1. The normalized spacial score (nSPS) is 14.0. The molecule has 0 saturated carbocycles. The molecule has 84 valence electrons. The van der Waals surface area contributed by atoms with Crippen molar-refractivity contribution in [3.63, 3.8) is 0 Å². The molecule has 0 unspecified atom stereocenters. The second kappa shape index (κ2) is 4.54. The highest BCUT2D eigenvalue weighted by atomic mass is 32.2. The van der Waals surface area contributed by atoms with Crippen molar-refractivity contribution in [2.45, 2.75) is 43.4 Å². The smallest absolute Gasteiger partial charge is 0.129 e. The van der Waals surface area contributed by atoms with Gasteiger partial charge in [-0.3, -0.25) is 0 Å². The van der Waals surface area contributed by atoms with Crippen molar-refractivity contribution in [2.24, 2.45) is 5.73 Å². The van der Waals surface area contributed by atoms with Crippen LogP contribution in [0.2, 0.25) is 0 Å². The molecule has 15 heavy (non-hydrogen) atoms. The fraction of sp³-hybridized carbons (Fsp3) is 0.500. The summed E-state index contributed by atoms with van der Waals surface area (Å²) in [5, 5.41) is 0. The van der Waals surface area contributed by atoms with Crippen molar-refractivity contribution in [1.82, 2.24) is 0 Å². The van der Waals surface area contributed by atoms with Gasteiger partial charge in [-0.25, -0.2) is 4.39 Å². The van der Waals surface area contributed by atoms with E-state index >= 15 is 0 Å². The van der Waals surface area contributed by atoms with E-state index in [1.165, 1.54) is 6.07 Å². The summed E-state index contributed by atoms with van der Waals surface area (Å²) in [4.78, 5) is 0.942. The lowest BCUT2D eigenvalue weighted by Gasteiger charge is -2.21. The average molecular weight is 227 g/mol. The van der Waals surface area contributed by atoms with Gasteiger partial charge in [0.15, 0.2) is 0 Å². The molecular formula is C12H18FNS. The summed E-state index contributed by atoms with van der Waals surface area (Å²) in [6.45, 7) is 8.12. The van der Waals surface area contributed by atoms with Crippen molar-refractivity contribution in [1.29, 1.82) is 0 Å². The lowest BCUT2D eigenvalue weighted by Crippen LogP contribution is -2.12. The van der Waals surface area contributed by atoms with Crippen LogP contribution in [0.4, 0.5) is 4.39 Å². The molecule has 0 aliphatic carbocycles. The maximum atomic E-state index is 13.6. The molecule has 1 atom stereocenters. The molecule has 0 heterocycles. The summed E-state index contributed by atoms with van der Waals surface area (Å²) in [6, 6.07) is 4.86. The SMILES string of the molecule is C[C@H](N)c1c(F)cccc1SC(C)(C)C. The monoisotopic (exact) mass is 227 g/mol. The van der Waals surface area contributed by atoms with Gasteiger partial charge in [-0.05, 0) is 19.1 Å². The summed E-state index contributed by atoms with van der Waals surface area (Å²) in [5.41, 5.74) is 6.40. The average Bonchev–Trinajstić information content (AvgIpc) is 1.99. The first-order valence-electron chi connectivity index (χ1n) is 5.04. The molecule has 1 rings (SSSR count). The van der Waals surface area contributed by atoms with E-state index < -0.39 is 0 Å². The Morgan fingerprint density at radius 2 is 1.93 bits per heavy atom. The maximum Gasteiger partial charge on any atom is 0.129 e. The number of benzene rings is 1. The van der Waals surface area contributed by atoms with Crippen LogP contribution in [-0.4, -0.2) is 4.75 Å². The lowest BCUT2D eigenvalue weighted by molar-refractivity contribution is 0.585. The van der Waals surface area contributed by atoms with Crippen LogP contribution < -0.4 is 5.73 Å².